The van der Waals surface area contributed by atoms with Gasteiger partial charge in [0, 0.05) is 0 Å². The molecule has 0 saturated carbocycles. The Morgan fingerprint density at radius 2 is 0.439 bits per heavy atom. The van der Waals surface area contributed by atoms with Gasteiger partial charge in [0.05, 0.1) is 37.6 Å². The Morgan fingerprint density at radius 1 is 0.244 bits per heavy atom. The third-order valence-corrected chi connectivity index (χ3v) is 16.9. The Labute approximate surface area is 506 Å². The first kappa shape index (κ1) is 72.1. The van der Waals surface area contributed by atoms with Gasteiger partial charge in [0.2, 0.25) is 0 Å². The van der Waals surface area contributed by atoms with Gasteiger partial charge < -0.3 is 18.9 Å². The monoisotopic (exact) mass is 1130 g/mol. The van der Waals surface area contributed by atoms with E-state index in [4.69, 9.17) is 18.9 Å². The van der Waals surface area contributed by atoms with Gasteiger partial charge in [-0.3, -0.25) is 0 Å². The van der Waals surface area contributed by atoms with Gasteiger partial charge >= 0.3 is 0 Å². The van der Waals surface area contributed by atoms with Crippen molar-refractivity contribution < 1.29 is 18.9 Å². The van der Waals surface area contributed by atoms with E-state index in [1.54, 1.807) is 0 Å². The van der Waals surface area contributed by atoms with Crippen molar-refractivity contribution in [3.05, 3.63) is 59.7 Å². The summed E-state index contributed by atoms with van der Waals surface area (Å²) in [5.41, 5.74) is 4.30. The van der Waals surface area contributed by atoms with E-state index in [1.807, 2.05) is 12.1 Å². The van der Waals surface area contributed by atoms with Crippen molar-refractivity contribution in [1.82, 2.24) is 0 Å². The number of hydrogen-bond acceptors (Lipinski definition) is 6. The van der Waals surface area contributed by atoms with Crippen LogP contribution in [0, 0.1) is 22.7 Å². The second-order valence-corrected chi connectivity index (χ2v) is 24.4. The minimum absolute atomic E-state index is 0.360. The normalized spacial score (nSPS) is 11.2. The third kappa shape index (κ3) is 35.2. The predicted octanol–water partition coefficient (Wildman–Crippen LogP) is 25.1. The summed E-state index contributed by atoms with van der Waals surface area (Å²) in [6.07, 6.45) is 62.5. The van der Waals surface area contributed by atoms with Crippen molar-refractivity contribution in [2.75, 3.05) is 26.4 Å². The Balaban J connectivity index is 1.77. The van der Waals surface area contributed by atoms with Crippen LogP contribution >= 0.6 is 0 Å². The van der Waals surface area contributed by atoms with E-state index < -0.39 is 0 Å². The highest BCUT2D eigenvalue weighted by atomic mass is 16.5. The number of hydrogen-bond donors (Lipinski definition) is 0. The number of nitriles is 2. The molecule has 0 heterocycles. The Morgan fingerprint density at radius 3 is 0.646 bits per heavy atom. The summed E-state index contributed by atoms with van der Waals surface area (Å²) in [4.78, 5) is 0. The molecule has 0 aliphatic heterocycles. The Kier molecular flexibility index (Phi) is 46.1. The number of rotatable bonds is 58. The first-order valence-electron chi connectivity index (χ1n) is 35.4. The molecule has 6 heteroatoms. The molecule has 82 heavy (non-hydrogen) atoms. The lowest BCUT2D eigenvalue weighted by molar-refractivity contribution is 0.258. The van der Waals surface area contributed by atoms with Crippen molar-refractivity contribution in [1.29, 1.82) is 10.5 Å². The zero-order chi connectivity index (χ0) is 58.4. The van der Waals surface area contributed by atoms with Crippen LogP contribution in [0.25, 0.3) is 22.3 Å². The fourth-order valence-corrected chi connectivity index (χ4v) is 11.6. The van der Waals surface area contributed by atoms with Gasteiger partial charge in [0.1, 0.15) is 12.1 Å². The molecule has 6 nitrogen and oxygen atoms in total. The molecule has 3 aromatic rings. The van der Waals surface area contributed by atoms with Crippen LogP contribution in [-0.2, 0) is 0 Å². The molecule has 462 valence electrons. The molecular formula is C76H124N2O4. The van der Waals surface area contributed by atoms with E-state index in [9.17, 15) is 10.5 Å². The van der Waals surface area contributed by atoms with Crippen molar-refractivity contribution in [2.24, 2.45) is 0 Å². The molecule has 0 saturated heterocycles. The quantitative estimate of drug-likeness (QED) is 0.0524. The molecule has 0 bridgehead atoms. The predicted molar refractivity (Wildman–Crippen MR) is 353 cm³/mol. The van der Waals surface area contributed by atoms with Crippen LogP contribution in [0.15, 0.2) is 48.5 Å². The van der Waals surface area contributed by atoms with Crippen LogP contribution in [0.3, 0.4) is 0 Å². The lowest BCUT2D eigenvalue weighted by atomic mass is 9.90. The minimum atomic E-state index is 0.360. The summed E-state index contributed by atoms with van der Waals surface area (Å²) >= 11 is 0. The number of benzene rings is 3. The molecular weight excluding hydrogens is 1000 g/mol. The summed E-state index contributed by atoms with van der Waals surface area (Å²) in [6, 6.07) is 20.9. The van der Waals surface area contributed by atoms with Crippen LogP contribution in [0.4, 0.5) is 0 Å². The number of unbranched alkanes of at least 4 members (excludes halogenated alkanes) is 44. The summed E-state index contributed by atoms with van der Waals surface area (Å²) in [5, 5.41) is 20.8. The van der Waals surface area contributed by atoms with Crippen molar-refractivity contribution in [3.8, 4) is 57.4 Å². The molecule has 0 unspecified atom stereocenters. The minimum Gasteiger partial charge on any atom is -0.490 e. The molecule has 0 aliphatic rings. The summed E-state index contributed by atoms with van der Waals surface area (Å²) < 4.78 is 26.4. The molecule has 0 aliphatic carbocycles. The van der Waals surface area contributed by atoms with E-state index in [0.29, 0.717) is 37.6 Å². The average molecular weight is 1130 g/mol. The molecule has 0 radical (unpaired) electrons. The van der Waals surface area contributed by atoms with Crippen LogP contribution in [-0.4, -0.2) is 26.4 Å². The summed E-state index contributed by atoms with van der Waals surface area (Å²) in [6.45, 7) is 11.7. The molecule has 0 atom stereocenters. The van der Waals surface area contributed by atoms with E-state index in [1.165, 1.54) is 270 Å². The number of nitrogens with zero attached hydrogens (tertiary/aromatic N) is 2. The van der Waals surface area contributed by atoms with Crippen LogP contribution in [0.2, 0.25) is 0 Å². The summed E-state index contributed by atoms with van der Waals surface area (Å²) in [7, 11) is 0. The molecule has 0 amide bonds. The maximum absolute atomic E-state index is 10.4. The van der Waals surface area contributed by atoms with Gasteiger partial charge in [-0.25, -0.2) is 0 Å². The van der Waals surface area contributed by atoms with Gasteiger partial charge in [-0.15, -0.1) is 0 Å². The van der Waals surface area contributed by atoms with Gasteiger partial charge in [-0.1, -0.05) is 322 Å². The lowest BCUT2D eigenvalue weighted by Gasteiger charge is -2.18. The Bertz CT molecular complexity index is 1900. The second kappa shape index (κ2) is 52.4. The lowest BCUT2D eigenvalue weighted by Crippen LogP contribution is -2.04. The van der Waals surface area contributed by atoms with Gasteiger partial charge in [-0.2, -0.15) is 10.5 Å². The third-order valence-electron chi connectivity index (χ3n) is 16.9. The first-order chi connectivity index (χ1) is 40.6. The van der Waals surface area contributed by atoms with E-state index >= 15 is 0 Å². The summed E-state index contributed by atoms with van der Waals surface area (Å²) in [5.74, 6) is 3.01. The molecule has 0 fully saturated rings. The van der Waals surface area contributed by atoms with E-state index in [-0.39, 0.29) is 0 Å². The van der Waals surface area contributed by atoms with Crippen LogP contribution in [0.5, 0.6) is 23.0 Å². The van der Waals surface area contributed by atoms with E-state index in [0.717, 1.165) is 83.8 Å². The van der Waals surface area contributed by atoms with Crippen molar-refractivity contribution in [2.45, 2.75) is 336 Å². The largest absolute Gasteiger partial charge is 0.490 e. The zero-order valence-corrected chi connectivity index (χ0v) is 53.9. The standard InChI is InChI=1S/C76H124N2O4/c1-5-9-13-17-21-25-29-33-37-41-45-49-57-79-73-55-53-67(63-75(73)81-59-51-47-43-39-35-31-27-23-19-15-11-7-3)71-61-69(65-77)70(66-78)62-72(71)68-54-56-74(80-58-50-46-42-38-34-30-26-22-18-14-10-6-2)76(64-68)82-60-52-48-44-40-36-32-28-24-20-16-12-8-4/h53-56,61-64H,5-52,57-60H2,1-4H3. The first-order valence-corrected chi connectivity index (χ1v) is 35.4. The topological polar surface area (TPSA) is 84.5 Å². The van der Waals surface area contributed by atoms with Crippen molar-refractivity contribution >= 4 is 0 Å². The maximum Gasteiger partial charge on any atom is 0.161 e. The second-order valence-electron chi connectivity index (χ2n) is 24.4. The zero-order valence-electron chi connectivity index (χ0n) is 53.9. The molecule has 3 rings (SSSR count). The highest BCUT2D eigenvalue weighted by Gasteiger charge is 2.18. The Hall–Kier alpha value is -4.16. The molecule has 0 N–H and O–H groups in total. The van der Waals surface area contributed by atoms with Crippen LogP contribution in [0.1, 0.15) is 347 Å². The average Bonchev–Trinajstić information content (AvgIpc) is 3.62. The van der Waals surface area contributed by atoms with Gasteiger partial charge in [-0.05, 0) is 84.3 Å². The number of ether oxygens (including phenoxy) is 4. The van der Waals surface area contributed by atoms with Crippen molar-refractivity contribution in [3.63, 3.8) is 0 Å². The highest BCUT2D eigenvalue weighted by molar-refractivity contribution is 5.87. The highest BCUT2D eigenvalue weighted by Crippen LogP contribution is 2.42. The molecule has 0 aromatic heterocycles. The van der Waals surface area contributed by atoms with Gasteiger partial charge in [0.25, 0.3) is 0 Å². The SMILES string of the molecule is CCCCCCCCCCCCCCOc1ccc(-c2cc(C#N)c(C#N)cc2-c2ccc(OCCCCCCCCCCCCCC)c(OCCCCCCCCCCCCCC)c2)cc1OCCCCCCCCCCCCCC. The molecule has 3 aromatic carbocycles. The van der Waals surface area contributed by atoms with E-state index in [2.05, 4.69) is 76.2 Å². The smallest absolute Gasteiger partial charge is 0.161 e. The fraction of sp³-hybridized carbons (Fsp3) is 0.737. The van der Waals surface area contributed by atoms with Crippen LogP contribution < -0.4 is 18.9 Å². The fourth-order valence-electron chi connectivity index (χ4n) is 11.6. The maximum atomic E-state index is 10.4. The molecule has 0 spiro atoms. The van der Waals surface area contributed by atoms with Gasteiger partial charge in [0.15, 0.2) is 23.0 Å².